The fraction of sp³-hybridized carbons (Fsp3) is 0.469. The Labute approximate surface area is 275 Å². The molecule has 0 unspecified atom stereocenters. The Balaban J connectivity index is 2.07. The summed E-state index contributed by atoms with van der Waals surface area (Å²) in [5, 5.41) is 67.5. The smallest absolute Gasteiger partial charge is 0.342 e. The van der Waals surface area contributed by atoms with Crippen molar-refractivity contribution in [1.82, 2.24) is 0 Å². The van der Waals surface area contributed by atoms with Gasteiger partial charge in [0.05, 0.1) is 37.5 Å². The molecule has 264 valence electrons. The third kappa shape index (κ3) is 12.3. The number of benzene rings is 2. The third-order valence-electron chi connectivity index (χ3n) is 6.63. The molecule has 2 rings (SSSR count). The average Bonchev–Trinajstić information content (AvgIpc) is 2.93. The fourth-order valence-electron chi connectivity index (χ4n) is 4.60. The number of rotatable bonds is 17. The molecule has 0 saturated heterocycles. The van der Waals surface area contributed by atoms with Crippen molar-refractivity contribution in [3.63, 3.8) is 0 Å². The molecule has 0 aliphatic heterocycles. The summed E-state index contributed by atoms with van der Waals surface area (Å²) < 4.78 is 21.0. The van der Waals surface area contributed by atoms with Crippen molar-refractivity contribution in [2.75, 3.05) is 6.61 Å². The van der Waals surface area contributed by atoms with Crippen LogP contribution in [0.2, 0.25) is 0 Å². The molecule has 2 aromatic rings. The predicted molar refractivity (Wildman–Crippen MR) is 162 cm³/mol. The molecule has 0 aliphatic carbocycles. The minimum Gasteiger partial charge on any atom is -0.508 e. The number of carboxylic acids is 1. The van der Waals surface area contributed by atoms with E-state index in [-0.39, 0.29) is 35.1 Å². The van der Waals surface area contributed by atoms with E-state index >= 15 is 0 Å². The van der Waals surface area contributed by atoms with Crippen LogP contribution >= 0.6 is 0 Å². The molecule has 0 fully saturated rings. The Kier molecular flexibility index (Phi) is 14.4. The molecule has 0 aliphatic rings. The highest BCUT2D eigenvalue weighted by atomic mass is 16.6. The molecule has 0 amide bonds. The molecule has 16 heteroatoms. The lowest BCUT2D eigenvalue weighted by atomic mass is 10.00. The number of phenolic OH excluding ortho intramolecular Hbond substituents is 4. The number of hydrogen-bond donors (Lipinski definition) is 7. The van der Waals surface area contributed by atoms with E-state index in [1.54, 1.807) is 0 Å². The first kappa shape index (κ1) is 39.1. The largest absolute Gasteiger partial charge is 0.508 e. The van der Waals surface area contributed by atoms with Crippen LogP contribution in [0.25, 0.3) is 0 Å². The van der Waals surface area contributed by atoms with Crippen molar-refractivity contribution in [1.29, 1.82) is 0 Å². The fourth-order valence-corrected chi connectivity index (χ4v) is 4.60. The maximum Gasteiger partial charge on any atom is 0.342 e. The number of phenols is 4. The quantitative estimate of drug-likeness (QED) is 0.0714. The highest BCUT2D eigenvalue weighted by Crippen LogP contribution is 2.31. The zero-order chi connectivity index (χ0) is 36.3. The first-order valence-electron chi connectivity index (χ1n) is 14.8. The average molecular weight is 681 g/mol. The van der Waals surface area contributed by atoms with Gasteiger partial charge in [-0.15, -0.1) is 0 Å². The molecular weight excluding hydrogens is 640 g/mol. The molecule has 7 N–H and O–H groups in total. The van der Waals surface area contributed by atoms with Gasteiger partial charge in [-0.3, -0.25) is 14.4 Å². The lowest BCUT2D eigenvalue weighted by Crippen LogP contribution is -2.26. The SMILES string of the molecule is C[C@H](Cc1cc(O)c(O)cc1C(=O)O[C@H](C)CC(=O)O)OC(=O)C[C@@H](C)OC(=O)c1c(O)cc(O)cc1C[C@@H](C)OC(=O)C[C@H](O)CO. The number of hydrogen-bond acceptors (Lipinski definition) is 15. The van der Waals surface area contributed by atoms with Gasteiger partial charge in [0, 0.05) is 18.9 Å². The zero-order valence-electron chi connectivity index (χ0n) is 26.7. The summed E-state index contributed by atoms with van der Waals surface area (Å²) in [5.41, 5.74) is -0.377. The van der Waals surface area contributed by atoms with Crippen molar-refractivity contribution < 1.29 is 78.7 Å². The normalized spacial score (nSPS) is 14.1. The first-order valence-corrected chi connectivity index (χ1v) is 14.8. The van der Waals surface area contributed by atoms with E-state index in [1.807, 2.05) is 0 Å². The van der Waals surface area contributed by atoms with Crippen LogP contribution in [-0.4, -0.2) is 103 Å². The van der Waals surface area contributed by atoms with E-state index in [9.17, 15) is 49.5 Å². The molecule has 0 radical (unpaired) electrons. The second-order valence-corrected chi connectivity index (χ2v) is 11.3. The molecular formula is C32H40O16. The molecule has 2 aromatic carbocycles. The number of carboxylic acid groups (broad SMARTS) is 1. The molecule has 48 heavy (non-hydrogen) atoms. The Morgan fingerprint density at radius 1 is 0.625 bits per heavy atom. The van der Waals surface area contributed by atoms with Crippen LogP contribution in [0.4, 0.5) is 0 Å². The summed E-state index contributed by atoms with van der Waals surface area (Å²) in [6, 6.07) is 4.06. The summed E-state index contributed by atoms with van der Waals surface area (Å²) in [6.07, 6.45) is -6.93. The van der Waals surface area contributed by atoms with Crippen molar-refractivity contribution in [3.8, 4) is 23.0 Å². The van der Waals surface area contributed by atoms with E-state index in [0.717, 1.165) is 24.3 Å². The monoisotopic (exact) mass is 680 g/mol. The molecule has 5 atom stereocenters. The van der Waals surface area contributed by atoms with Crippen molar-refractivity contribution >= 4 is 29.8 Å². The number of esters is 4. The van der Waals surface area contributed by atoms with Crippen LogP contribution < -0.4 is 0 Å². The Morgan fingerprint density at radius 3 is 1.73 bits per heavy atom. The Morgan fingerprint density at radius 2 is 1.15 bits per heavy atom. The van der Waals surface area contributed by atoms with E-state index in [0.29, 0.717) is 0 Å². The van der Waals surface area contributed by atoms with Crippen LogP contribution in [0.5, 0.6) is 23.0 Å². The summed E-state index contributed by atoms with van der Waals surface area (Å²) in [7, 11) is 0. The van der Waals surface area contributed by atoms with Gasteiger partial charge >= 0.3 is 29.8 Å². The predicted octanol–water partition coefficient (Wildman–Crippen LogP) is 1.86. The second kappa shape index (κ2) is 17.7. The van der Waals surface area contributed by atoms with Gasteiger partial charge in [0.25, 0.3) is 0 Å². The molecule has 0 heterocycles. The van der Waals surface area contributed by atoms with Crippen LogP contribution in [0, 0.1) is 0 Å². The van der Waals surface area contributed by atoms with Crippen molar-refractivity contribution in [3.05, 3.63) is 46.5 Å². The lowest BCUT2D eigenvalue weighted by Gasteiger charge is -2.20. The summed E-state index contributed by atoms with van der Waals surface area (Å²) in [6.45, 7) is 5.02. The lowest BCUT2D eigenvalue weighted by molar-refractivity contribution is -0.151. The van der Waals surface area contributed by atoms with Gasteiger partial charge in [0.15, 0.2) is 11.5 Å². The van der Waals surface area contributed by atoms with Gasteiger partial charge in [-0.25, -0.2) is 9.59 Å². The van der Waals surface area contributed by atoms with Gasteiger partial charge in [-0.2, -0.15) is 0 Å². The third-order valence-corrected chi connectivity index (χ3v) is 6.63. The van der Waals surface area contributed by atoms with Gasteiger partial charge in [-0.1, -0.05) is 0 Å². The van der Waals surface area contributed by atoms with Crippen LogP contribution in [0.3, 0.4) is 0 Å². The maximum absolute atomic E-state index is 13.0. The standard InChI is InChI=1S/C32H40O16/c1-15(5-19-10-24(36)25(37)13-23(19)31(43)47-17(3)7-27(39)40)45-28(41)8-18(4)48-32(44)30-20(9-21(34)11-26(30)38)6-16(2)46-29(42)12-22(35)14-33/h9-11,13,15-18,22,33-38H,5-8,12,14H2,1-4H3,(H,39,40)/t15-,16-,17-,18-,22+/m1/s1. The minimum atomic E-state index is -1.32. The van der Waals surface area contributed by atoms with Gasteiger partial charge < -0.3 is 54.7 Å². The Hall–Kier alpha value is -5.09. The molecule has 0 aromatic heterocycles. The molecule has 0 saturated carbocycles. The van der Waals surface area contributed by atoms with E-state index in [1.165, 1.54) is 27.7 Å². The highest BCUT2D eigenvalue weighted by Gasteiger charge is 2.26. The minimum absolute atomic E-state index is 0.0488. The first-order chi connectivity index (χ1) is 22.4. The van der Waals surface area contributed by atoms with Crippen molar-refractivity contribution in [2.45, 2.75) is 90.3 Å². The highest BCUT2D eigenvalue weighted by molar-refractivity contribution is 5.95. The number of aliphatic hydroxyl groups excluding tert-OH is 2. The van der Waals surface area contributed by atoms with E-state index in [2.05, 4.69) is 0 Å². The van der Waals surface area contributed by atoms with E-state index in [4.69, 9.17) is 29.2 Å². The summed E-state index contributed by atoms with van der Waals surface area (Å²) in [5.74, 6) is -7.13. The number of ether oxygens (including phenoxy) is 4. The van der Waals surface area contributed by atoms with Crippen LogP contribution in [-0.2, 0) is 46.2 Å². The zero-order valence-corrected chi connectivity index (χ0v) is 26.7. The van der Waals surface area contributed by atoms with Gasteiger partial charge in [0.2, 0.25) is 0 Å². The molecule has 0 spiro atoms. The number of carbonyl (C=O) groups is 5. The number of aliphatic carboxylic acids is 1. The number of carbonyl (C=O) groups excluding carboxylic acids is 4. The van der Waals surface area contributed by atoms with Crippen molar-refractivity contribution in [2.24, 2.45) is 0 Å². The maximum atomic E-state index is 13.0. The number of aliphatic hydroxyl groups is 2. The molecule has 0 bridgehead atoms. The van der Waals surface area contributed by atoms with Crippen LogP contribution in [0.15, 0.2) is 24.3 Å². The number of aromatic hydroxyl groups is 4. The van der Waals surface area contributed by atoms with Gasteiger partial charge in [-0.05, 0) is 57.0 Å². The van der Waals surface area contributed by atoms with E-state index < -0.39 is 109 Å². The topological polar surface area (TPSA) is 264 Å². The Bertz CT molecular complexity index is 1480. The summed E-state index contributed by atoms with van der Waals surface area (Å²) >= 11 is 0. The summed E-state index contributed by atoms with van der Waals surface area (Å²) in [4.78, 5) is 61.2. The molecule has 16 nitrogen and oxygen atoms in total. The van der Waals surface area contributed by atoms with Gasteiger partial charge in [0.1, 0.15) is 41.5 Å². The van der Waals surface area contributed by atoms with Crippen LogP contribution in [0.1, 0.15) is 78.8 Å². The second-order valence-electron chi connectivity index (χ2n) is 11.3.